The molecule has 1 saturated heterocycles. The number of aromatic nitrogens is 3. The van der Waals surface area contributed by atoms with Crippen molar-refractivity contribution in [1.82, 2.24) is 25.2 Å². The number of methoxy groups -OCH3 is 1. The maximum Gasteiger partial charge on any atom is 0.248 e. The van der Waals surface area contributed by atoms with Gasteiger partial charge in [0.2, 0.25) is 11.8 Å². The quantitative estimate of drug-likeness (QED) is 0.468. The summed E-state index contributed by atoms with van der Waals surface area (Å²) in [7, 11) is 1.58. The first-order chi connectivity index (χ1) is 15.7. The van der Waals surface area contributed by atoms with Crippen LogP contribution in [0.25, 0.3) is 11.0 Å². The minimum atomic E-state index is -0.752. The molecule has 10 heteroatoms. The number of benzene rings is 1. The molecule has 2 aromatic heterocycles. The Balaban J connectivity index is 1.62. The van der Waals surface area contributed by atoms with Gasteiger partial charge in [0.25, 0.3) is 0 Å². The van der Waals surface area contributed by atoms with E-state index in [1.54, 1.807) is 16.7 Å². The van der Waals surface area contributed by atoms with Gasteiger partial charge in [0.1, 0.15) is 18.1 Å². The van der Waals surface area contributed by atoms with Gasteiger partial charge < -0.3 is 19.7 Å². The number of hydrogen-bond acceptors (Lipinski definition) is 7. The van der Waals surface area contributed by atoms with E-state index in [4.69, 9.17) is 9.47 Å². The Hall–Kier alpha value is -2.82. The number of nitrogens with one attached hydrogen (secondary N) is 1. The van der Waals surface area contributed by atoms with Crippen LogP contribution in [-0.2, 0) is 25.6 Å². The van der Waals surface area contributed by atoms with Crippen LogP contribution in [0, 0.1) is 0 Å². The number of para-hydroxylation sites is 1. The summed E-state index contributed by atoms with van der Waals surface area (Å²) in [6.45, 7) is 1.76. The summed E-state index contributed by atoms with van der Waals surface area (Å²) in [5, 5.41) is 13.1. The molecule has 1 fully saturated rings. The van der Waals surface area contributed by atoms with Crippen LogP contribution in [0.4, 0.5) is 0 Å². The van der Waals surface area contributed by atoms with Gasteiger partial charge in [0.15, 0.2) is 0 Å². The number of carbonyl (C=O) groups is 2. The van der Waals surface area contributed by atoms with Crippen LogP contribution in [-0.4, -0.2) is 71.2 Å². The van der Waals surface area contributed by atoms with Gasteiger partial charge in [-0.25, -0.2) is 4.68 Å². The molecule has 0 radical (unpaired) electrons. The molecule has 1 N–H and O–H groups in total. The van der Waals surface area contributed by atoms with Gasteiger partial charge in [-0.1, -0.05) is 23.4 Å². The van der Waals surface area contributed by atoms with Gasteiger partial charge in [-0.05, 0) is 36.4 Å². The van der Waals surface area contributed by atoms with Gasteiger partial charge in [0, 0.05) is 31.7 Å². The predicted octanol–water partition coefficient (Wildman–Crippen LogP) is 2.00. The maximum atomic E-state index is 13.6. The molecule has 1 aliphatic heterocycles. The van der Waals surface area contributed by atoms with Crippen molar-refractivity contribution in [2.24, 2.45) is 0 Å². The molecule has 4 rings (SSSR count). The van der Waals surface area contributed by atoms with Gasteiger partial charge in [-0.3, -0.25) is 9.59 Å². The molecular formula is C22H27N5O4S. The molecular weight excluding hydrogens is 430 g/mol. The topological polar surface area (TPSA) is 98.6 Å². The largest absolute Gasteiger partial charge is 0.383 e. The zero-order valence-corrected chi connectivity index (χ0v) is 18.8. The van der Waals surface area contributed by atoms with Crippen molar-refractivity contribution in [1.29, 1.82) is 0 Å². The lowest BCUT2D eigenvalue weighted by atomic mass is 10.1. The van der Waals surface area contributed by atoms with Crippen LogP contribution in [0.15, 0.2) is 41.8 Å². The van der Waals surface area contributed by atoms with E-state index in [9.17, 15) is 9.59 Å². The highest BCUT2D eigenvalue weighted by Gasteiger charge is 2.35. The molecule has 9 nitrogen and oxygen atoms in total. The maximum absolute atomic E-state index is 13.6. The van der Waals surface area contributed by atoms with Crippen molar-refractivity contribution in [2.75, 3.05) is 33.4 Å². The standard InChI is InChI=1S/C22H27N5O4S/c1-30-12-10-23-22(29)21(19-9-5-13-32-19)26(14-16-6-4-11-31-16)20(28)15-27-18-8-3-2-7-17(18)24-25-27/h2-3,5,7-9,13,16,21H,4,6,10-12,14-15H2,1H3,(H,23,29)/t16-,21+/m0/s1. The second-order valence-corrected chi connectivity index (χ2v) is 8.60. The molecule has 0 spiro atoms. The Morgan fingerprint density at radius 3 is 2.97 bits per heavy atom. The number of fused-ring (bicyclic) bond motifs is 1. The lowest BCUT2D eigenvalue weighted by Gasteiger charge is -2.32. The van der Waals surface area contributed by atoms with E-state index >= 15 is 0 Å². The number of amides is 2. The number of rotatable bonds is 10. The zero-order chi connectivity index (χ0) is 22.3. The fourth-order valence-corrected chi connectivity index (χ4v) is 4.69. The van der Waals surface area contributed by atoms with Crippen molar-refractivity contribution < 1.29 is 19.1 Å². The van der Waals surface area contributed by atoms with E-state index in [0.29, 0.717) is 26.3 Å². The third-order valence-electron chi connectivity index (χ3n) is 5.43. The van der Waals surface area contributed by atoms with E-state index in [1.807, 2.05) is 41.8 Å². The normalized spacial score (nSPS) is 16.8. The van der Waals surface area contributed by atoms with Crippen LogP contribution in [0.2, 0.25) is 0 Å². The van der Waals surface area contributed by atoms with Crippen molar-refractivity contribution in [3.8, 4) is 0 Å². The summed E-state index contributed by atoms with van der Waals surface area (Å²) in [6, 6.07) is 10.5. The van der Waals surface area contributed by atoms with E-state index in [0.717, 1.165) is 28.8 Å². The predicted molar refractivity (Wildman–Crippen MR) is 120 cm³/mol. The van der Waals surface area contributed by atoms with Gasteiger partial charge >= 0.3 is 0 Å². The summed E-state index contributed by atoms with van der Waals surface area (Å²) < 4.78 is 12.4. The van der Waals surface area contributed by atoms with Gasteiger partial charge in [-0.2, -0.15) is 0 Å². The first kappa shape index (κ1) is 22.4. The summed E-state index contributed by atoms with van der Waals surface area (Å²) in [5.74, 6) is -0.448. The van der Waals surface area contributed by atoms with Crippen molar-refractivity contribution >= 4 is 34.2 Å². The third kappa shape index (κ3) is 5.14. The lowest BCUT2D eigenvalue weighted by molar-refractivity contribution is -0.143. The highest BCUT2D eigenvalue weighted by molar-refractivity contribution is 7.10. The highest BCUT2D eigenvalue weighted by Crippen LogP contribution is 2.28. The van der Waals surface area contributed by atoms with E-state index < -0.39 is 6.04 Å². The first-order valence-corrected chi connectivity index (χ1v) is 11.5. The van der Waals surface area contributed by atoms with Crippen LogP contribution < -0.4 is 5.32 Å². The summed E-state index contributed by atoms with van der Waals surface area (Å²) in [6.07, 6.45) is 1.71. The number of hydrogen-bond donors (Lipinski definition) is 1. The van der Waals surface area contributed by atoms with Crippen molar-refractivity contribution in [2.45, 2.75) is 31.5 Å². The summed E-state index contributed by atoms with van der Waals surface area (Å²) in [4.78, 5) is 29.2. The van der Waals surface area contributed by atoms with Crippen molar-refractivity contribution in [3.63, 3.8) is 0 Å². The molecule has 32 heavy (non-hydrogen) atoms. The molecule has 0 aliphatic carbocycles. The molecule has 0 saturated carbocycles. The smallest absolute Gasteiger partial charge is 0.248 e. The number of thiophene rings is 1. The van der Waals surface area contributed by atoms with Crippen molar-refractivity contribution in [3.05, 3.63) is 46.7 Å². The number of nitrogens with zero attached hydrogens (tertiary/aromatic N) is 4. The minimum Gasteiger partial charge on any atom is -0.383 e. The third-order valence-corrected chi connectivity index (χ3v) is 6.35. The number of carbonyl (C=O) groups excluding carboxylic acids is 2. The molecule has 170 valence electrons. The molecule has 2 amide bonds. The first-order valence-electron chi connectivity index (χ1n) is 10.7. The van der Waals surface area contributed by atoms with Crippen LogP contribution >= 0.6 is 11.3 Å². The van der Waals surface area contributed by atoms with Crippen LogP contribution in [0.3, 0.4) is 0 Å². The van der Waals surface area contributed by atoms with E-state index in [1.165, 1.54) is 11.3 Å². The average molecular weight is 458 g/mol. The molecule has 1 aromatic carbocycles. The molecule has 0 bridgehead atoms. The zero-order valence-electron chi connectivity index (χ0n) is 18.0. The Morgan fingerprint density at radius 1 is 1.34 bits per heavy atom. The minimum absolute atomic E-state index is 0.0134. The molecule has 1 aliphatic rings. The second kappa shape index (κ2) is 10.7. The van der Waals surface area contributed by atoms with E-state index in [-0.39, 0.29) is 24.5 Å². The Morgan fingerprint density at radius 2 is 2.22 bits per heavy atom. The molecule has 0 unspecified atom stereocenters. The van der Waals surface area contributed by atoms with Gasteiger partial charge in [0.05, 0.1) is 18.2 Å². The summed E-state index contributed by atoms with van der Waals surface area (Å²) >= 11 is 1.45. The molecule has 3 aromatic rings. The monoisotopic (exact) mass is 457 g/mol. The number of ether oxygens (including phenoxy) is 2. The Labute approximate surface area is 190 Å². The SMILES string of the molecule is COCCNC(=O)[C@@H](c1cccs1)N(C[C@@H]1CCCO1)C(=O)Cn1nnc2ccccc21. The summed E-state index contributed by atoms with van der Waals surface area (Å²) in [5.41, 5.74) is 1.49. The average Bonchev–Trinajstić information content (AvgIpc) is 3.57. The molecule has 3 heterocycles. The fourth-order valence-electron chi connectivity index (χ4n) is 3.86. The Bertz CT molecular complexity index is 1030. The van der Waals surface area contributed by atoms with E-state index in [2.05, 4.69) is 15.6 Å². The Kier molecular flexibility index (Phi) is 7.46. The lowest BCUT2D eigenvalue weighted by Crippen LogP contribution is -2.48. The van der Waals surface area contributed by atoms with Crippen LogP contribution in [0.5, 0.6) is 0 Å². The highest BCUT2D eigenvalue weighted by atomic mass is 32.1. The second-order valence-electron chi connectivity index (χ2n) is 7.62. The van der Waals surface area contributed by atoms with Crippen LogP contribution in [0.1, 0.15) is 23.8 Å². The molecule has 2 atom stereocenters. The van der Waals surface area contributed by atoms with Gasteiger partial charge in [-0.15, -0.1) is 16.4 Å². The fraction of sp³-hybridized carbons (Fsp3) is 0.455.